The molecule has 1 aliphatic carbocycles. The van der Waals surface area contributed by atoms with E-state index in [1.807, 2.05) is 39.0 Å². The minimum Gasteiger partial charge on any atom is -0.444 e. The Kier molecular flexibility index (Phi) is 6.71. The minimum absolute atomic E-state index is 0.236. The maximum Gasteiger partial charge on any atom is 0.410 e. The van der Waals surface area contributed by atoms with E-state index in [9.17, 15) is 4.79 Å². The highest BCUT2D eigenvalue weighted by Crippen LogP contribution is 2.28. The predicted octanol–water partition coefficient (Wildman–Crippen LogP) is 2.83. The first kappa shape index (κ1) is 22.9. The second kappa shape index (κ2) is 9.68. The number of hydrogen-bond acceptors (Lipinski definition) is 6. The fraction of sp³-hybridized carbons (Fsp3) is 0.565. The number of nitrogens with zero attached hydrogens (tertiary/aromatic N) is 5. The zero-order valence-corrected chi connectivity index (χ0v) is 19.6. The van der Waals surface area contributed by atoms with Crippen molar-refractivity contribution >= 4 is 29.6 Å². The molecule has 4 N–H and O–H groups in total. The summed E-state index contributed by atoms with van der Waals surface area (Å²) in [7, 11) is 0. The zero-order valence-electron chi connectivity index (χ0n) is 19.6. The first-order valence-electron chi connectivity index (χ1n) is 11.6. The number of fused-ring (bicyclic) bond motifs is 1. The topological polar surface area (TPSA) is 122 Å². The molecule has 0 unspecified atom stereocenters. The number of piperidine rings is 1. The van der Waals surface area contributed by atoms with Gasteiger partial charge in [0, 0.05) is 31.9 Å². The molecule has 1 saturated heterocycles. The van der Waals surface area contributed by atoms with E-state index < -0.39 is 5.60 Å². The van der Waals surface area contributed by atoms with E-state index in [1.165, 1.54) is 12.8 Å². The van der Waals surface area contributed by atoms with Gasteiger partial charge in [-0.1, -0.05) is 0 Å². The SMILES string of the molecule is CC(C)(C)OC(=O)N1CCC(Nc2ccc3ncc(/C=C/NC(N)=NCC4CC4)n3n2)CC1. The van der Waals surface area contributed by atoms with E-state index in [4.69, 9.17) is 15.6 Å². The Bertz CT molecular complexity index is 1030. The van der Waals surface area contributed by atoms with E-state index in [0.717, 1.165) is 36.5 Å². The summed E-state index contributed by atoms with van der Waals surface area (Å²) >= 11 is 0. The third-order valence-electron chi connectivity index (χ3n) is 5.59. The van der Waals surface area contributed by atoms with Gasteiger partial charge in [0.15, 0.2) is 11.6 Å². The summed E-state index contributed by atoms with van der Waals surface area (Å²) in [6.45, 7) is 7.75. The molecule has 10 nitrogen and oxygen atoms in total. The predicted molar refractivity (Wildman–Crippen MR) is 129 cm³/mol. The molecule has 1 saturated carbocycles. The number of nitrogens with one attached hydrogen (secondary N) is 2. The lowest BCUT2D eigenvalue weighted by molar-refractivity contribution is 0.0210. The van der Waals surface area contributed by atoms with Gasteiger partial charge in [0.05, 0.1) is 11.9 Å². The Morgan fingerprint density at radius 2 is 2.03 bits per heavy atom. The van der Waals surface area contributed by atoms with Gasteiger partial charge in [-0.05, 0) is 70.6 Å². The number of carbonyl (C=O) groups is 1. The molecule has 178 valence electrons. The van der Waals surface area contributed by atoms with Crippen molar-refractivity contribution in [3.8, 4) is 0 Å². The average Bonchev–Trinajstić information content (AvgIpc) is 3.51. The van der Waals surface area contributed by atoms with Crippen molar-refractivity contribution < 1.29 is 9.53 Å². The monoisotopic (exact) mass is 454 g/mol. The second-order valence-electron chi connectivity index (χ2n) is 9.70. The number of carbonyl (C=O) groups excluding carboxylic acids is 1. The molecule has 33 heavy (non-hydrogen) atoms. The summed E-state index contributed by atoms with van der Waals surface area (Å²) in [4.78, 5) is 22.8. The fourth-order valence-corrected chi connectivity index (χ4v) is 3.61. The zero-order chi connectivity index (χ0) is 23.4. The number of anilines is 1. The summed E-state index contributed by atoms with van der Waals surface area (Å²) in [6, 6.07) is 4.10. The van der Waals surface area contributed by atoms with Crippen molar-refractivity contribution in [3.63, 3.8) is 0 Å². The van der Waals surface area contributed by atoms with Gasteiger partial charge < -0.3 is 26.0 Å². The molecule has 10 heteroatoms. The van der Waals surface area contributed by atoms with Crippen LogP contribution in [0.3, 0.4) is 0 Å². The highest BCUT2D eigenvalue weighted by molar-refractivity contribution is 5.79. The van der Waals surface area contributed by atoms with E-state index in [0.29, 0.717) is 25.0 Å². The Labute approximate surface area is 194 Å². The maximum atomic E-state index is 12.3. The molecule has 2 aromatic heterocycles. The van der Waals surface area contributed by atoms with Crippen LogP contribution in [0, 0.1) is 5.92 Å². The quantitative estimate of drug-likeness (QED) is 0.453. The van der Waals surface area contributed by atoms with Gasteiger partial charge in [-0.25, -0.2) is 14.3 Å². The number of imidazole rings is 1. The van der Waals surface area contributed by atoms with Crippen LogP contribution in [0.1, 0.15) is 52.1 Å². The van der Waals surface area contributed by atoms with Gasteiger partial charge in [0.1, 0.15) is 11.4 Å². The number of guanidine groups is 1. The summed E-state index contributed by atoms with van der Waals surface area (Å²) < 4.78 is 7.26. The summed E-state index contributed by atoms with van der Waals surface area (Å²) in [5.41, 5.74) is 7.01. The maximum absolute atomic E-state index is 12.3. The van der Waals surface area contributed by atoms with E-state index in [-0.39, 0.29) is 12.1 Å². The number of ether oxygens (including phenoxy) is 1. The van der Waals surface area contributed by atoms with Crippen LogP contribution in [0.5, 0.6) is 0 Å². The lowest BCUT2D eigenvalue weighted by atomic mass is 10.1. The van der Waals surface area contributed by atoms with Crippen LogP contribution in [0.2, 0.25) is 0 Å². The molecule has 1 aliphatic heterocycles. The molecule has 0 spiro atoms. The largest absolute Gasteiger partial charge is 0.444 e. The Morgan fingerprint density at radius 1 is 1.27 bits per heavy atom. The van der Waals surface area contributed by atoms with Crippen LogP contribution in [0.4, 0.5) is 10.6 Å². The molecule has 0 aromatic carbocycles. The Balaban J connectivity index is 1.32. The molecule has 0 atom stereocenters. The number of aromatic nitrogens is 3. The first-order valence-corrected chi connectivity index (χ1v) is 11.6. The molecule has 2 aliphatic rings. The van der Waals surface area contributed by atoms with Crippen molar-refractivity contribution in [2.75, 3.05) is 25.0 Å². The van der Waals surface area contributed by atoms with Crippen LogP contribution >= 0.6 is 0 Å². The summed E-state index contributed by atoms with van der Waals surface area (Å²) in [5, 5.41) is 11.2. The van der Waals surface area contributed by atoms with Crippen molar-refractivity contribution in [3.05, 3.63) is 30.2 Å². The van der Waals surface area contributed by atoms with Crippen LogP contribution in [-0.2, 0) is 4.74 Å². The van der Waals surface area contributed by atoms with Crippen molar-refractivity contribution in [2.45, 2.75) is 58.1 Å². The fourth-order valence-electron chi connectivity index (χ4n) is 3.61. The highest BCUT2D eigenvalue weighted by Gasteiger charge is 2.27. The molecular formula is C23H34N8O2. The standard InChI is InChI=1S/C23H34N8O2/c1-23(2,3)33-22(32)30-12-9-17(10-13-30)28-19-6-7-20-26-15-18(31(20)29-19)8-11-25-21(24)27-14-16-4-5-16/h6-8,11,15-17H,4-5,9-10,12-14H2,1-3H3,(H,28,29)(H3,24,25,27)/b11-8+. The molecule has 3 heterocycles. The van der Waals surface area contributed by atoms with Crippen molar-refractivity contribution in [1.29, 1.82) is 0 Å². The number of rotatable bonds is 6. The van der Waals surface area contributed by atoms with Crippen molar-refractivity contribution in [2.24, 2.45) is 16.6 Å². The highest BCUT2D eigenvalue weighted by atomic mass is 16.6. The van der Waals surface area contributed by atoms with Crippen LogP contribution in [0.25, 0.3) is 11.7 Å². The third-order valence-corrected chi connectivity index (χ3v) is 5.59. The van der Waals surface area contributed by atoms with Crippen LogP contribution in [0.15, 0.2) is 29.5 Å². The molecule has 1 amide bonds. The van der Waals surface area contributed by atoms with Gasteiger partial charge in [-0.15, -0.1) is 5.10 Å². The van der Waals surface area contributed by atoms with Gasteiger partial charge in [-0.2, -0.15) is 0 Å². The van der Waals surface area contributed by atoms with Crippen LogP contribution < -0.4 is 16.4 Å². The lowest BCUT2D eigenvalue weighted by Gasteiger charge is -2.33. The van der Waals surface area contributed by atoms with Crippen LogP contribution in [-0.4, -0.2) is 62.8 Å². The van der Waals surface area contributed by atoms with Crippen molar-refractivity contribution in [1.82, 2.24) is 24.8 Å². The second-order valence-corrected chi connectivity index (χ2v) is 9.70. The summed E-state index contributed by atoms with van der Waals surface area (Å²) in [6.07, 6.45) is 9.30. The van der Waals surface area contributed by atoms with Gasteiger partial charge in [-0.3, -0.25) is 4.99 Å². The number of likely N-dealkylation sites (tertiary alicyclic amines) is 1. The van der Waals surface area contributed by atoms with Gasteiger partial charge >= 0.3 is 6.09 Å². The molecule has 4 rings (SSSR count). The van der Waals surface area contributed by atoms with E-state index >= 15 is 0 Å². The average molecular weight is 455 g/mol. The minimum atomic E-state index is -0.479. The Morgan fingerprint density at radius 3 is 2.73 bits per heavy atom. The molecular weight excluding hydrogens is 420 g/mol. The smallest absolute Gasteiger partial charge is 0.410 e. The summed E-state index contributed by atoms with van der Waals surface area (Å²) in [5.74, 6) is 1.89. The molecule has 2 fully saturated rings. The number of aliphatic imine (C=N–C) groups is 1. The third kappa shape index (κ3) is 6.59. The number of amides is 1. The van der Waals surface area contributed by atoms with Gasteiger partial charge in [0.2, 0.25) is 0 Å². The Hall–Kier alpha value is -3.30. The molecule has 0 bridgehead atoms. The first-order chi connectivity index (χ1) is 15.8. The molecule has 2 aromatic rings. The van der Waals surface area contributed by atoms with E-state index in [1.54, 1.807) is 21.8 Å². The number of nitrogens with two attached hydrogens (primary N) is 1. The normalized spacial score (nSPS) is 18.2. The van der Waals surface area contributed by atoms with Gasteiger partial charge in [0.25, 0.3) is 0 Å². The molecule has 0 radical (unpaired) electrons. The number of hydrogen-bond donors (Lipinski definition) is 3. The van der Waals surface area contributed by atoms with E-state index in [2.05, 4.69) is 20.6 Å². The lowest BCUT2D eigenvalue weighted by Crippen LogP contribution is -2.44.